The highest BCUT2D eigenvalue weighted by molar-refractivity contribution is 8.01. The molecule has 4 rings (SSSR count). The van der Waals surface area contributed by atoms with E-state index >= 15 is 0 Å². The molecule has 2 heterocycles. The molecule has 0 saturated carbocycles. The number of carbonyl (C=O) groups is 2. The molecule has 0 fully saturated rings. The third-order valence-corrected chi connectivity index (χ3v) is 13.4. The molecule has 0 aromatic heterocycles. The molecule has 2 aliphatic rings. The molecule has 2 atom stereocenters. The molecule has 12 nitrogen and oxygen atoms in total. The number of hydrogen-bond donors (Lipinski definition) is 3. The van der Waals surface area contributed by atoms with Crippen molar-refractivity contribution < 1.29 is 44.3 Å². The second-order valence-corrected chi connectivity index (χ2v) is 21.9. The maximum Gasteiger partial charge on any atom is 0.294 e. The van der Waals surface area contributed by atoms with Crippen molar-refractivity contribution in [3.63, 3.8) is 0 Å². The molecule has 2 aliphatic heterocycles. The van der Waals surface area contributed by atoms with Gasteiger partial charge in [-0.3, -0.25) is 22.9 Å². The Labute approximate surface area is 339 Å². The Kier molecular flexibility index (Phi) is 14.1. The zero-order chi connectivity index (χ0) is 42.7. The Morgan fingerprint density at radius 1 is 0.842 bits per heavy atom. The van der Waals surface area contributed by atoms with Gasteiger partial charge in [0, 0.05) is 71.8 Å². The molecule has 312 valence electrons. The van der Waals surface area contributed by atoms with Crippen molar-refractivity contribution in [3.05, 3.63) is 83.6 Å². The van der Waals surface area contributed by atoms with E-state index in [1.54, 1.807) is 12.1 Å². The third kappa shape index (κ3) is 10.6. The summed E-state index contributed by atoms with van der Waals surface area (Å²) in [6.07, 6.45) is 15.6. The van der Waals surface area contributed by atoms with E-state index in [4.69, 9.17) is 0 Å². The van der Waals surface area contributed by atoms with E-state index in [1.807, 2.05) is 78.8 Å². The summed E-state index contributed by atoms with van der Waals surface area (Å²) in [5, 5.41) is 4.08. The largest absolute Gasteiger partial charge is 0.346 e. The van der Waals surface area contributed by atoms with Crippen LogP contribution in [0.4, 0.5) is 11.4 Å². The molecule has 0 bridgehead atoms. The first-order valence-electron chi connectivity index (χ1n) is 19.2. The van der Waals surface area contributed by atoms with Crippen LogP contribution in [0.15, 0.2) is 82.3 Å². The van der Waals surface area contributed by atoms with Gasteiger partial charge in [-0.15, -0.1) is 0 Å². The third-order valence-electron chi connectivity index (χ3n) is 10.9. The van der Waals surface area contributed by atoms with Crippen LogP contribution in [0.1, 0.15) is 91.7 Å². The smallest absolute Gasteiger partial charge is 0.294 e. The SMILES string of the molecule is CCC(C)[C@H](NC(=O)CCCCC[N+]1=C(C=CC=CC=C2N(CC)c3ccc(S(=O)(=O)O)cc3C2(C)C)C(C)(C)c2cc(S(=O)(=O)O)ccc21)C(=O)C=S(C)(C)=O. The lowest BCUT2D eigenvalue weighted by Crippen LogP contribution is -2.46. The molecule has 2 aromatic carbocycles. The normalized spacial score (nSPS) is 18.3. The van der Waals surface area contributed by atoms with Crippen LogP contribution in [0.2, 0.25) is 0 Å². The van der Waals surface area contributed by atoms with E-state index in [0.717, 1.165) is 33.9 Å². The average Bonchev–Trinajstić information content (AvgIpc) is 3.45. The highest BCUT2D eigenvalue weighted by Crippen LogP contribution is 2.48. The lowest BCUT2D eigenvalue weighted by atomic mass is 9.81. The van der Waals surface area contributed by atoms with Gasteiger partial charge in [0.1, 0.15) is 6.54 Å². The van der Waals surface area contributed by atoms with Gasteiger partial charge >= 0.3 is 0 Å². The minimum absolute atomic E-state index is 0.116. The van der Waals surface area contributed by atoms with E-state index in [2.05, 4.69) is 14.8 Å². The zero-order valence-corrected chi connectivity index (χ0v) is 36.9. The standard InChI is InChI=1S/C42H57N3O9S3/c1-10-29(3)40(36(46)28-55(8,9)48)43-39(47)20-16-13-17-25-45-35-24-22-31(57(52,53)54)27-33(35)42(6,7)38(45)19-15-12-14-18-37-41(4,5)32-26-30(56(49,50)51)21-23-34(32)44(37)11-2/h12,14-15,18-19,21-24,26-29,40H,10-11,13,16-17,20,25H2,1-9H3,(H2-,43,47,49,50,51,52,53,54)/p+1/t29?,40-/m0/s1. The summed E-state index contributed by atoms with van der Waals surface area (Å²) < 4.78 is 81.8. The topological polar surface area (TPSA) is 178 Å². The highest BCUT2D eigenvalue weighted by atomic mass is 32.2. The first kappa shape index (κ1) is 45.8. The van der Waals surface area contributed by atoms with Gasteiger partial charge < -0.3 is 10.2 Å². The Balaban J connectivity index is 1.55. The zero-order valence-electron chi connectivity index (χ0n) is 34.4. The number of amides is 1. The summed E-state index contributed by atoms with van der Waals surface area (Å²) in [6.45, 7) is 15.1. The number of fused-ring (bicyclic) bond motifs is 2. The van der Waals surface area contributed by atoms with E-state index in [-0.39, 0.29) is 33.8 Å². The van der Waals surface area contributed by atoms with Gasteiger partial charge in [-0.2, -0.15) is 21.4 Å². The first-order valence-corrected chi connectivity index (χ1v) is 24.5. The average molecular weight is 845 g/mol. The number of unbranched alkanes of at least 4 members (excludes halogenated alkanes) is 2. The monoisotopic (exact) mass is 844 g/mol. The maximum atomic E-state index is 12.9. The summed E-state index contributed by atoms with van der Waals surface area (Å²) in [4.78, 5) is 27.5. The minimum atomic E-state index is -4.44. The van der Waals surface area contributed by atoms with Crippen LogP contribution in [0, 0.1) is 5.92 Å². The number of Topliss-reactive ketones (excluding diaryl/α,β-unsaturated/α-hetero) is 1. The first-order chi connectivity index (χ1) is 26.3. The van der Waals surface area contributed by atoms with Gasteiger partial charge in [-0.1, -0.05) is 52.3 Å². The molecule has 1 unspecified atom stereocenters. The lowest BCUT2D eigenvalue weighted by Gasteiger charge is -2.25. The van der Waals surface area contributed by atoms with Gasteiger partial charge in [0.05, 0.1) is 21.2 Å². The molecule has 15 heteroatoms. The van der Waals surface area contributed by atoms with Crippen molar-refractivity contribution in [1.29, 1.82) is 0 Å². The van der Waals surface area contributed by atoms with Crippen molar-refractivity contribution in [2.24, 2.45) is 5.92 Å². The van der Waals surface area contributed by atoms with Crippen LogP contribution >= 0.6 is 0 Å². The number of nitrogens with one attached hydrogen (secondary N) is 1. The molecule has 0 spiro atoms. The molecule has 1 amide bonds. The Morgan fingerprint density at radius 3 is 2.04 bits per heavy atom. The lowest BCUT2D eigenvalue weighted by molar-refractivity contribution is -0.438. The molecule has 0 aliphatic carbocycles. The summed E-state index contributed by atoms with van der Waals surface area (Å²) in [7, 11) is -11.2. The molecule has 3 N–H and O–H groups in total. The molecular formula is C42H58N3O9S3+. The number of anilines is 1. The van der Waals surface area contributed by atoms with Crippen LogP contribution in [-0.2, 0) is 50.2 Å². The van der Waals surface area contributed by atoms with Gasteiger partial charge in [-0.05, 0) is 91.0 Å². The van der Waals surface area contributed by atoms with Crippen molar-refractivity contribution in [3.8, 4) is 0 Å². The fraction of sp³-hybridized carbons (Fsp3) is 0.476. The van der Waals surface area contributed by atoms with E-state index in [9.17, 15) is 39.7 Å². The minimum Gasteiger partial charge on any atom is -0.346 e. The van der Waals surface area contributed by atoms with Crippen LogP contribution in [0.25, 0.3) is 0 Å². The number of benzene rings is 2. The van der Waals surface area contributed by atoms with Gasteiger partial charge in [0.25, 0.3) is 20.2 Å². The number of hydrogen-bond acceptors (Lipinski definition) is 8. The predicted molar refractivity (Wildman–Crippen MR) is 229 cm³/mol. The molecule has 0 saturated heterocycles. The van der Waals surface area contributed by atoms with E-state index in [1.165, 1.54) is 42.1 Å². The number of likely N-dealkylation sites (N-methyl/N-ethyl adjacent to an activating group) is 1. The predicted octanol–water partition coefficient (Wildman–Crippen LogP) is 6.38. The number of nitrogens with zero attached hydrogens (tertiary/aromatic N) is 2. The fourth-order valence-electron chi connectivity index (χ4n) is 7.63. The van der Waals surface area contributed by atoms with Crippen LogP contribution in [0.5, 0.6) is 0 Å². The van der Waals surface area contributed by atoms with E-state index in [0.29, 0.717) is 38.8 Å². The van der Waals surface area contributed by atoms with Crippen molar-refractivity contribution in [2.75, 3.05) is 30.5 Å². The summed E-state index contributed by atoms with van der Waals surface area (Å²) in [6, 6.07) is 8.51. The van der Waals surface area contributed by atoms with Crippen LogP contribution < -0.4 is 10.2 Å². The summed E-state index contributed by atoms with van der Waals surface area (Å²) >= 11 is 0. The summed E-state index contributed by atoms with van der Waals surface area (Å²) in [5.41, 5.74) is 3.92. The molecular weight excluding hydrogens is 787 g/mol. The van der Waals surface area contributed by atoms with Crippen LogP contribution in [-0.4, -0.2) is 89.1 Å². The molecule has 0 radical (unpaired) electrons. The van der Waals surface area contributed by atoms with Crippen molar-refractivity contribution in [1.82, 2.24) is 5.32 Å². The number of allylic oxidation sites excluding steroid dienone is 6. The van der Waals surface area contributed by atoms with Gasteiger partial charge in [-0.25, -0.2) is 0 Å². The van der Waals surface area contributed by atoms with Crippen molar-refractivity contribution in [2.45, 2.75) is 107 Å². The molecule has 2 aromatic rings. The van der Waals surface area contributed by atoms with Crippen LogP contribution in [0.3, 0.4) is 0 Å². The summed E-state index contributed by atoms with van der Waals surface area (Å²) in [5.74, 6) is -0.692. The van der Waals surface area contributed by atoms with Gasteiger partial charge in [0.15, 0.2) is 11.5 Å². The number of ketones is 1. The number of rotatable bonds is 17. The maximum absolute atomic E-state index is 12.9. The Hall–Kier alpha value is -3.89. The highest BCUT2D eigenvalue weighted by Gasteiger charge is 2.45. The quantitative estimate of drug-likeness (QED) is 0.0533. The van der Waals surface area contributed by atoms with E-state index < -0.39 is 46.6 Å². The molecule has 57 heavy (non-hydrogen) atoms. The fourth-order valence-corrected chi connectivity index (χ4v) is 9.35. The second kappa shape index (κ2) is 17.5. The second-order valence-electron chi connectivity index (χ2n) is 16.2. The number of carbonyl (C=O) groups excluding carboxylic acids is 2. The Morgan fingerprint density at radius 2 is 1.46 bits per heavy atom. The van der Waals surface area contributed by atoms with Gasteiger partial charge in [0.2, 0.25) is 11.6 Å². The van der Waals surface area contributed by atoms with Crippen molar-refractivity contribution >= 4 is 63.9 Å². The Bertz CT molecular complexity index is 2370.